The summed E-state index contributed by atoms with van der Waals surface area (Å²) < 4.78 is 2.38. The van der Waals surface area contributed by atoms with Gasteiger partial charge in [-0.15, -0.1) is 0 Å². The summed E-state index contributed by atoms with van der Waals surface area (Å²) in [4.78, 5) is 9.98. The van der Waals surface area contributed by atoms with Crippen molar-refractivity contribution in [3.8, 4) is 0 Å². The molecule has 0 amide bonds. The molecule has 124 valence electrons. The lowest BCUT2D eigenvalue weighted by molar-refractivity contribution is 0.277. The fourth-order valence-electron chi connectivity index (χ4n) is 5.03. The van der Waals surface area contributed by atoms with E-state index in [2.05, 4.69) is 58.6 Å². The van der Waals surface area contributed by atoms with E-state index < -0.39 is 0 Å². The molecule has 1 aliphatic carbocycles. The molecule has 1 fully saturated rings. The van der Waals surface area contributed by atoms with Crippen molar-refractivity contribution in [1.82, 2.24) is 9.38 Å². The summed E-state index contributed by atoms with van der Waals surface area (Å²) in [6.45, 7) is 4.63. The van der Waals surface area contributed by atoms with Gasteiger partial charge in [-0.3, -0.25) is 4.40 Å². The minimum absolute atomic E-state index is 0.137. The number of aromatic nitrogens is 2. The van der Waals surface area contributed by atoms with Crippen LogP contribution in [0.1, 0.15) is 61.2 Å². The third-order valence-corrected chi connectivity index (χ3v) is 7.25. The van der Waals surface area contributed by atoms with E-state index in [0.717, 1.165) is 4.96 Å². The van der Waals surface area contributed by atoms with E-state index in [1.165, 1.54) is 53.9 Å². The van der Waals surface area contributed by atoms with Crippen molar-refractivity contribution < 1.29 is 0 Å². The van der Waals surface area contributed by atoms with Gasteiger partial charge in [0.15, 0.2) is 4.96 Å². The summed E-state index contributed by atoms with van der Waals surface area (Å²) in [7, 11) is 0. The van der Waals surface area contributed by atoms with Gasteiger partial charge in [0.05, 0.1) is 22.2 Å². The number of benzene rings is 1. The Morgan fingerprint density at radius 2 is 1.96 bits per heavy atom. The van der Waals surface area contributed by atoms with Gasteiger partial charge in [0.2, 0.25) is 0 Å². The van der Waals surface area contributed by atoms with E-state index in [-0.39, 0.29) is 5.54 Å². The average molecular weight is 337 g/mol. The maximum atomic E-state index is 4.57. The molecular weight excluding hydrogens is 314 g/mol. The first kappa shape index (κ1) is 14.5. The molecule has 5 rings (SSSR count). The minimum atomic E-state index is 0.137. The number of thiazole rings is 1. The Bertz CT molecular complexity index is 901. The van der Waals surface area contributed by atoms with Gasteiger partial charge >= 0.3 is 0 Å². The molecule has 1 atom stereocenters. The van der Waals surface area contributed by atoms with Crippen LogP contribution in [0.5, 0.6) is 0 Å². The molecule has 0 radical (unpaired) electrons. The lowest BCUT2D eigenvalue weighted by Gasteiger charge is -2.45. The van der Waals surface area contributed by atoms with E-state index in [1.54, 1.807) is 0 Å². The van der Waals surface area contributed by atoms with Crippen LogP contribution in [0.4, 0.5) is 5.69 Å². The Balaban J connectivity index is 1.78. The minimum Gasteiger partial charge on any atom is -0.352 e. The van der Waals surface area contributed by atoms with E-state index in [4.69, 9.17) is 0 Å². The first-order chi connectivity index (χ1) is 11.7. The fraction of sp³-hybridized carbons (Fsp3) is 0.450. The molecule has 1 aromatic carbocycles. The number of para-hydroxylation sites is 1. The first-order valence-electron chi connectivity index (χ1n) is 9.03. The van der Waals surface area contributed by atoms with Crippen LogP contribution >= 0.6 is 11.3 Å². The van der Waals surface area contributed by atoms with Crippen molar-refractivity contribution in [3.63, 3.8) is 0 Å². The molecule has 4 heteroatoms. The molecular formula is C20H23N3S. The van der Waals surface area contributed by atoms with Crippen LogP contribution in [0.2, 0.25) is 0 Å². The van der Waals surface area contributed by atoms with Gasteiger partial charge in [0, 0.05) is 18.1 Å². The van der Waals surface area contributed by atoms with E-state index in [1.807, 2.05) is 17.5 Å². The SMILES string of the molecule is Cc1ccccc1N1C(C)c2sc3nccn3c2C12CCCCC2. The van der Waals surface area contributed by atoms with Gasteiger partial charge in [-0.25, -0.2) is 4.98 Å². The van der Waals surface area contributed by atoms with E-state index in [0.29, 0.717) is 6.04 Å². The number of anilines is 1. The quantitative estimate of drug-likeness (QED) is 0.589. The second-order valence-electron chi connectivity index (χ2n) is 7.32. The van der Waals surface area contributed by atoms with Crippen LogP contribution in [-0.2, 0) is 5.54 Å². The number of fused-ring (bicyclic) bond motifs is 4. The van der Waals surface area contributed by atoms with Crippen molar-refractivity contribution in [2.45, 2.75) is 57.5 Å². The van der Waals surface area contributed by atoms with Crippen LogP contribution in [0.15, 0.2) is 36.7 Å². The number of rotatable bonds is 1. The molecule has 1 unspecified atom stereocenters. The van der Waals surface area contributed by atoms with E-state index in [9.17, 15) is 0 Å². The summed E-state index contributed by atoms with van der Waals surface area (Å²) in [5, 5.41) is 0. The molecule has 0 saturated heterocycles. The van der Waals surface area contributed by atoms with Crippen molar-refractivity contribution in [1.29, 1.82) is 0 Å². The molecule has 1 saturated carbocycles. The highest BCUT2D eigenvalue weighted by Crippen LogP contribution is 2.57. The lowest BCUT2D eigenvalue weighted by Crippen LogP contribution is -2.45. The zero-order valence-corrected chi connectivity index (χ0v) is 15.1. The van der Waals surface area contributed by atoms with Crippen LogP contribution in [0, 0.1) is 6.92 Å². The molecule has 2 aromatic heterocycles. The fourth-order valence-corrected chi connectivity index (χ4v) is 6.25. The molecule has 24 heavy (non-hydrogen) atoms. The zero-order chi connectivity index (χ0) is 16.3. The lowest BCUT2D eigenvalue weighted by atomic mass is 9.79. The highest BCUT2D eigenvalue weighted by Gasteiger charge is 2.52. The van der Waals surface area contributed by atoms with Crippen molar-refractivity contribution >= 4 is 22.0 Å². The molecule has 3 nitrogen and oxygen atoms in total. The predicted octanol–water partition coefficient (Wildman–Crippen LogP) is 5.44. The summed E-state index contributed by atoms with van der Waals surface area (Å²) in [6, 6.07) is 9.31. The molecule has 3 aromatic rings. The smallest absolute Gasteiger partial charge is 0.194 e. The van der Waals surface area contributed by atoms with Crippen molar-refractivity contribution in [2.24, 2.45) is 0 Å². The number of hydrogen-bond acceptors (Lipinski definition) is 3. The maximum Gasteiger partial charge on any atom is 0.194 e. The summed E-state index contributed by atoms with van der Waals surface area (Å²) >= 11 is 1.88. The average Bonchev–Trinajstić information content (AvgIpc) is 3.22. The second kappa shape index (κ2) is 5.09. The van der Waals surface area contributed by atoms with Crippen LogP contribution in [0.25, 0.3) is 4.96 Å². The Labute approximate surface area is 146 Å². The Morgan fingerprint density at radius 3 is 2.75 bits per heavy atom. The molecule has 2 aliphatic rings. The highest BCUT2D eigenvalue weighted by atomic mass is 32.1. The molecule has 0 N–H and O–H groups in total. The number of hydrogen-bond donors (Lipinski definition) is 0. The monoisotopic (exact) mass is 337 g/mol. The standard InChI is InChI=1S/C20H23N3S/c1-14-8-4-5-9-16(14)23-15(2)17-18(20(23)10-6-3-7-11-20)22-13-12-21-19(22)24-17/h4-5,8-9,12-13,15H,3,6-7,10-11H2,1-2H3. The van der Waals surface area contributed by atoms with Crippen LogP contribution < -0.4 is 4.90 Å². The van der Waals surface area contributed by atoms with Crippen molar-refractivity contribution in [2.75, 3.05) is 4.90 Å². The number of aryl methyl sites for hydroxylation is 1. The highest BCUT2D eigenvalue weighted by molar-refractivity contribution is 7.17. The second-order valence-corrected chi connectivity index (χ2v) is 8.33. The van der Waals surface area contributed by atoms with Gasteiger partial charge in [-0.1, -0.05) is 48.8 Å². The molecule has 1 aliphatic heterocycles. The molecule has 0 bridgehead atoms. The number of nitrogens with zero attached hydrogens (tertiary/aromatic N) is 3. The molecule has 3 heterocycles. The topological polar surface area (TPSA) is 20.5 Å². The molecule has 1 spiro atoms. The third-order valence-electron chi connectivity index (χ3n) is 6.01. The largest absolute Gasteiger partial charge is 0.352 e. The van der Waals surface area contributed by atoms with Gasteiger partial charge in [-0.05, 0) is 38.3 Å². The maximum absolute atomic E-state index is 4.57. The first-order valence-corrected chi connectivity index (χ1v) is 9.85. The van der Waals surface area contributed by atoms with Crippen LogP contribution in [-0.4, -0.2) is 9.38 Å². The van der Waals surface area contributed by atoms with Gasteiger partial charge in [0.25, 0.3) is 0 Å². The Kier molecular flexibility index (Phi) is 3.08. The summed E-state index contributed by atoms with van der Waals surface area (Å²) in [6.07, 6.45) is 10.6. The van der Waals surface area contributed by atoms with Crippen LogP contribution in [0.3, 0.4) is 0 Å². The Morgan fingerprint density at radius 1 is 1.17 bits per heavy atom. The zero-order valence-electron chi connectivity index (χ0n) is 14.3. The summed E-state index contributed by atoms with van der Waals surface area (Å²) in [5.74, 6) is 0. The predicted molar refractivity (Wildman–Crippen MR) is 99.9 cm³/mol. The normalized spacial score (nSPS) is 22.4. The van der Waals surface area contributed by atoms with Gasteiger partial charge in [0.1, 0.15) is 0 Å². The third kappa shape index (κ3) is 1.75. The van der Waals surface area contributed by atoms with Crippen molar-refractivity contribution in [3.05, 3.63) is 52.8 Å². The van der Waals surface area contributed by atoms with E-state index >= 15 is 0 Å². The Hall–Kier alpha value is -1.81. The summed E-state index contributed by atoms with van der Waals surface area (Å²) in [5.41, 5.74) is 4.45. The van der Waals surface area contributed by atoms with Gasteiger partial charge in [-0.2, -0.15) is 0 Å². The number of imidazole rings is 1. The van der Waals surface area contributed by atoms with Gasteiger partial charge < -0.3 is 4.90 Å².